The van der Waals surface area contributed by atoms with Crippen LogP contribution in [0.15, 0.2) is 10.7 Å². The van der Waals surface area contributed by atoms with Crippen molar-refractivity contribution >= 4 is 21.9 Å². The summed E-state index contributed by atoms with van der Waals surface area (Å²) in [6.45, 7) is 0.552. The molecule has 0 aliphatic rings. The van der Waals surface area contributed by atoms with Crippen LogP contribution in [0, 0.1) is 0 Å². The SMILES string of the molecule is CNc1ncc(Br)c(OCCCO)n1. The average Bonchev–Trinajstić information content (AvgIpc) is 2.21. The fourth-order valence-electron chi connectivity index (χ4n) is 0.807. The van der Waals surface area contributed by atoms with Gasteiger partial charge in [0.1, 0.15) is 0 Å². The Hall–Kier alpha value is -0.880. The molecule has 6 heteroatoms. The molecule has 0 radical (unpaired) electrons. The summed E-state index contributed by atoms with van der Waals surface area (Å²) >= 11 is 3.27. The molecule has 1 heterocycles. The summed E-state index contributed by atoms with van der Waals surface area (Å²) < 4.78 is 6.02. The van der Waals surface area contributed by atoms with Gasteiger partial charge < -0.3 is 15.2 Å². The van der Waals surface area contributed by atoms with E-state index in [1.54, 1.807) is 13.2 Å². The molecule has 5 nitrogen and oxygen atoms in total. The topological polar surface area (TPSA) is 67.3 Å². The number of hydrogen-bond acceptors (Lipinski definition) is 5. The third-order valence-corrected chi connectivity index (χ3v) is 2.02. The summed E-state index contributed by atoms with van der Waals surface area (Å²) in [7, 11) is 1.74. The number of halogens is 1. The quantitative estimate of drug-likeness (QED) is 0.776. The molecule has 0 amide bonds. The highest BCUT2D eigenvalue weighted by molar-refractivity contribution is 9.10. The van der Waals surface area contributed by atoms with E-state index in [0.717, 1.165) is 0 Å². The Labute approximate surface area is 90.7 Å². The maximum absolute atomic E-state index is 8.58. The van der Waals surface area contributed by atoms with E-state index < -0.39 is 0 Å². The van der Waals surface area contributed by atoms with Crippen molar-refractivity contribution in [2.45, 2.75) is 6.42 Å². The van der Waals surface area contributed by atoms with E-state index in [4.69, 9.17) is 9.84 Å². The van der Waals surface area contributed by atoms with Crippen LogP contribution in [0.5, 0.6) is 5.88 Å². The van der Waals surface area contributed by atoms with Crippen LogP contribution >= 0.6 is 15.9 Å². The maximum Gasteiger partial charge on any atom is 0.232 e. The molecular formula is C8H12BrN3O2. The van der Waals surface area contributed by atoms with E-state index in [1.165, 1.54) is 0 Å². The number of anilines is 1. The zero-order valence-corrected chi connectivity index (χ0v) is 9.41. The average molecular weight is 262 g/mol. The lowest BCUT2D eigenvalue weighted by Gasteiger charge is -2.06. The molecule has 0 aliphatic heterocycles. The van der Waals surface area contributed by atoms with Crippen molar-refractivity contribution in [2.75, 3.05) is 25.6 Å². The number of hydrogen-bond donors (Lipinski definition) is 2. The molecule has 0 saturated heterocycles. The van der Waals surface area contributed by atoms with Crippen LogP contribution in [0.3, 0.4) is 0 Å². The molecule has 1 aromatic heterocycles. The van der Waals surface area contributed by atoms with Gasteiger partial charge >= 0.3 is 0 Å². The molecule has 0 aliphatic carbocycles. The molecule has 0 spiro atoms. The van der Waals surface area contributed by atoms with Gasteiger partial charge in [0.25, 0.3) is 0 Å². The lowest BCUT2D eigenvalue weighted by molar-refractivity contribution is 0.228. The second-order valence-electron chi connectivity index (χ2n) is 2.52. The van der Waals surface area contributed by atoms with E-state index in [-0.39, 0.29) is 6.61 Å². The fourth-order valence-corrected chi connectivity index (χ4v) is 1.11. The highest BCUT2D eigenvalue weighted by Crippen LogP contribution is 2.22. The number of nitrogens with zero attached hydrogens (tertiary/aromatic N) is 2. The van der Waals surface area contributed by atoms with Crippen molar-refractivity contribution in [3.05, 3.63) is 10.7 Å². The monoisotopic (exact) mass is 261 g/mol. The van der Waals surface area contributed by atoms with Crippen LogP contribution in [0.4, 0.5) is 5.95 Å². The molecule has 78 valence electrons. The Balaban J connectivity index is 2.64. The first-order chi connectivity index (χ1) is 6.77. The normalized spacial score (nSPS) is 9.93. The van der Waals surface area contributed by atoms with Gasteiger partial charge in [-0.1, -0.05) is 0 Å². The Bertz CT molecular complexity index is 296. The van der Waals surface area contributed by atoms with E-state index in [0.29, 0.717) is 29.3 Å². The van der Waals surface area contributed by atoms with Crippen molar-refractivity contribution in [2.24, 2.45) is 0 Å². The zero-order valence-electron chi connectivity index (χ0n) is 7.83. The summed E-state index contributed by atoms with van der Waals surface area (Å²) in [5, 5.41) is 11.4. The van der Waals surface area contributed by atoms with Crippen LogP contribution in [0.1, 0.15) is 6.42 Å². The second-order valence-corrected chi connectivity index (χ2v) is 3.38. The maximum atomic E-state index is 8.58. The first-order valence-electron chi connectivity index (χ1n) is 4.22. The first kappa shape index (κ1) is 11.2. The fraction of sp³-hybridized carbons (Fsp3) is 0.500. The van der Waals surface area contributed by atoms with E-state index >= 15 is 0 Å². The summed E-state index contributed by atoms with van der Waals surface area (Å²) in [5.41, 5.74) is 0. The smallest absolute Gasteiger partial charge is 0.232 e. The van der Waals surface area contributed by atoms with Gasteiger partial charge in [-0.3, -0.25) is 0 Å². The predicted octanol–water partition coefficient (Wildman–Crippen LogP) is 1.04. The summed E-state index contributed by atoms with van der Waals surface area (Å²) in [6, 6.07) is 0. The summed E-state index contributed by atoms with van der Waals surface area (Å²) in [6.07, 6.45) is 2.21. The molecule has 0 unspecified atom stereocenters. The van der Waals surface area contributed by atoms with Crippen molar-refractivity contribution in [1.82, 2.24) is 9.97 Å². The largest absolute Gasteiger partial charge is 0.477 e. The molecule has 0 aromatic carbocycles. The van der Waals surface area contributed by atoms with Gasteiger partial charge in [-0.2, -0.15) is 4.98 Å². The van der Waals surface area contributed by atoms with Gasteiger partial charge in [0.15, 0.2) is 0 Å². The molecule has 14 heavy (non-hydrogen) atoms. The molecule has 0 atom stereocenters. The minimum atomic E-state index is 0.113. The molecule has 0 saturated carbocycles. The predicted molar refractivity (Wildman–Crippen MR) is 56.5 cm³/mol. The Morgan fingerprint density at radius 1 is 1.64 bits per heavy atom. The van der Waals surface area contributed by atoms with Crippen LogP contribution in [0.25, 0.3) is 0 Å². The van der Waals surface area contributed by atoms with Gasteiger partial charge in [-0.15, -0.1) is 0 Å². The van der Waals surface area contributed by atoms with Gasteiger partial charge in [-0.05, 0) is 15.9 Å². The Morgan fingerprint density at radius 3 is 3.07 bits per heavy atom. The standard InChI is InChI=1S/C8H12BrN3O2/c1-10-8-11-5-6(9)7(12-8)14-4-2-3-13/h5,13H,2-4H2,1H3,(H,10,11,12). The van der Waals surface area contributed by atoms with Crippen LogP contribution in [-0.2, 0) is 0 Å². The van der Waals surface area contributed by atoms with E-state index in [9.17, 15) is 0 Å². The van der Waals surface area contributed by atoms with Crippen molar-refractivity contribution in [3.63, 3.8) is 0 Å². The minimum Gasteiger partial charge on any atom is -0.477 e. The molecule has 1 aromatic rings. The van der Waals surface area contributed by atoms with Gasteiger partial charge in [0.2, 0.25) is 11.8 Å². The second kappa shape index (κ2) is 5.77. The summed E-state index contributed by atoms with van der Waals surface area (Å²) in [5.74, 6) is 0.991. The molecule has 0 bridgehead atoms. The highest BCUT2D eigenvalue weighted by atomic mass is 79.9. The van der Waals surface area contributed by atoms with Crippen molar-refractivity contribution < 1.29 is 9.84 Å². The lowest BCUT2D eigenvalue weighted by atomic mass is 10.5. The van der Waals surface area contributed by atoms with Crippen molar-refractivity contribution in [3.8, 4) is 5.88 Å². The molecule has 0 fully saturated rings. The highest BCUT2D eigenvalue weighted by Gasteiger charge is 2.04. The Kier molecular flexibility index (Phi) is 4.61. The Morgan fingerprint density at radius 2 is 2.43 bits per heavy atom. The third-order valence-electron chi connectivity index (χ3n) is 1.48. The number of aliphatic hydroxyl groups is 1. The van der Waals surface area contributed by atoms with E-state index in [2.05, 4.69) is 31.2 Å². The van der Waals surface area contributed by atoms with Crippen LogP contribution in [0.2, 0.25) is 0 Å². The minimum absolute atomic E-state index is 0.113. The van der Waals surface area contributed by atoms with Gasteiger partial charge in [0.05, 0.1) is 17.3 Å². The number of ether oxygens (including phenoxy) is 1. The number of nitrogens with one attached hydrogen (secondary N) is 1. The lowest BCUT2D eigenvalue weighted by Crippen LogP contribution is -2.04. The van der Waals surface area contributed by atoms with E-state index in [1.807, 2.05) is 0 Å². The summed E-state index contributed by atoms with van der Waals surface area (Å²) in [4.78, 5) is 8.08. The molecular weight excluding hydrogens is 250 g/mol. The number of rotatable bonds is 5. The number of aliphatic hydroxyl groups excluding tert-OH is 1. The van der Waals surface area contributed by atoms with Crippen LogP contribution in [-0.4, -0.2) is 35.3 Å². The number of aromatic nitrogens is 2. The van der Waals surface area contributed by atoms with Crippen molar-refractivity contribution in [1.29, 1.82) is 0 Å². The molecule has 1 rings (SSSR count). The van der Waals surface area contributed by atoms with Crippen LogP contribution < -0.4 is 10.1 Å². The van der Waals surface area contributed by atoms with Gasteiger partial charge in [-0.25, -0.2) is 4.98 Å². The molecule has 2 N–H and O–H groups in total. The first-order valence-corrected chi connectivity index (χ1v) is 5.01. The zero-order chi connectivity index (χ0) is 10.4. The third kappa shape index (κ3) is 3.12. The van der Waals surface area contributed by atoms with Gasteiger partial charge in [0, 0.05) is 20.1 Å².